The summed E-state index contributed by atoms with van der Waals surface area (Å²) in [5, 5.41) is 5.71. The van der Waals surface area contributed by atoms with Crippen molar-refractivity contribution in [2.24, 2.45) is 0 Å². The van der Waals surface area contributed by atoms with Crippen LogP contribution in [-0.4, -0.2) is 26.8 Å². The van der Waals surface area contributed by atoms with Gasteiger partial charge in [0.1, 0.15) is 11.5 Å². The summed E-state index contributed by atoms with van der Waals surface area (Å²) in [5.41, 5.74) is 1.67. The Morgan fingerprint density at radius 2 is 1.68 bits per heavy atom. The number of anilines is 2. The van der Waals surface area contributed by atoms with E-state index in [2.05, 4.69) is 25.6 Å². The second-order valence-electron chi connectivity index (χ2n) is 7.47. The Kier molecular flexibility index (Phi) is 6.01. The van der Waals surface area contributed by atoms with E-state index in [1.54, 1.807) is 36.4 Å². The van der Waals surface area contributed by atoms with Crippen LogP contribution in [0.1, 0.15) is 28.7 Å². The molecule has 4 rings (SSSR count). The van der Waals surface area contributed by atoms with Crippen LogP contribution in [0.4, 0.5) is 24.5 Å². The Morgan fingerprint density at radius 3 is 2.35 bits per heavy atom. The van der Waals surface area contributed by atoms with Gasteiger partial charge in [-0.2, -0.15) is 13.2 Å². The number of alkyl halides is 3. The number of carbonyl (C=O) groups excluding carboxylic acids is 2. The van der Waals surface area contributed by atoms with E-state index in [-0.39, 0.29) is 17.2 Å². The maximum Gasteiger partial charge on any atom is 0.433 e. The van der Waals surface area contributed by atoms with Crippen molar-refractivity contribution in [3.8, 4) is 11.4 Å². The Morgan fingerprint density at radius 1 is 0.971 bits per heavy atom. The van der Waals surface area contributed by atoms with E-state index in [4.69, 9.17) is 11.6 Å². The molecule has 4 aromatic rings. The number of H-pyrrole nitrogens is 1. The van der Waals surface area contributed by atoms with E-state index in [1.807, 2.05) is 0 Å². The van der Waals surface area contributed by atoms with E-state index < -0.39 is 17.8 Å². The minimum Gasteiger partial charge on any atom is -0.338 e. The third-order valence-electron chi connectivity index (χ3n) is 4.90. The Balaban J connectivity index is 1.61. The van der Waals surface area contributed by atoms with Gasteiger partial charge in [0.05, 0.1) is 27.3 Å². The van der Waals surface area contributed by atoms with E-state index in [0.29, 0.717) is 38.8 Å². The van der Waals surface area contributed by atoms with Gasteiger partial charge in [-0.3, -0.25) is 9.59 Å². The highest BCUT2D eigenvalue weighted by molar-refractivity contribution is 6.33. The average Bonchev–Trinajstić information content (AvgIpc) is 3.17. The maximum atomic E-state index is 12.8. The van der Waals surface area contributed by atoms with Crippen LogP contribution in [0, 0.1) is 6.92 Å². The first-order chi connectivity index (χ1) is 16.0. The number of hydrogen-bond donors (Lipinski definition) is 3. The van der Waals surface area contributed by atoms with Gasteiger partial charge in [0.25, 0.3) is 5.91 Å². The Bertz CT molecular complexity index is 1430. The van der Waals surface area contributed by atoms with Crippen LogP contribution in [0.2, 0.25) is 5.02 Å². The molecule has 7 nitrogen and oxygen atoms in total. The van der Waals surface area contributed by atoms with E-state index >= 15 is 0 Å². The molecule has 0 atom stereocenters. The summed E-state index contributed by atoms with van der Waals surface area (Å²) in [6, 6.07) is 11.8. The first-order valence-electron chi connectivity index (χ1n) is 9.95. The number of hydrogen-bond acceptors (Lipinski definition) is 4. The highest BCUT2D eigenvalue weighted by Crippen LogP contribution is 2.32. The van der Waals surface area contributed by atoms with Crippen molar-refractivity contribution in [2.45, 2.75) is 20.0 Å². The van der Waals surface area contributed by atoms with Crippen LogP contribution in [-0.2, 0) is 11.0 Å². The molecule has 0 aliphatic carbocycles. The van der Waals surface area contributed by atoms with Crippen molar-refractivity contribution in [1.82, 2.24) is 15.0 Å². The number of amides is 2. The van der Waals surface area contributed by atoms with Gasteiger partial charge in [0, 0.05) is 23.9 Å². The molecule has 11 heteroatoms. The summed E-state index contributed by atoms with van der Waals surface area (Å²) >= 11 is 6.35. The van der Waals surface area contributed by atoms with Gasteiger partial charge in [-0.1, -0.05) is 11.6 Å². The van der Waals surface area contributed by atoms with Gasteiger partial charge in [-0.05, 0) is 55.5 Å². The summed E-state index contributed by atoms with van der Waals surface area (Å²) in [4.78, 5) is 35.1. The number of benzene rings is 2. The number of imidazole rings is 1. The molecule has 0 saturated carbocycles. The molecule has 0 fully saturated rings. The number of nitrogens with one attached hydrogen (secondary N) is 3. The number of nitrogens with zero attached hydrogens (tertiary/aromatic N) is 2. The van der Waals surface area contributed by atoms with Crippen molar-refractivity contribution in [3.05, 3.63) is 70.5 Å². The van der Waals surface area contributed by atoms with Crippen molar-refractivity contribution in [1.29, 1.82) is 0 Å². The van der Waals surface area contributed by atoms with Crippen LogP contribution in [0.25, 0.3) is 22.4 Å². The summed E-state index contributed by atoms with van der Waals surface area (Å²) in [6.07, 6.45) is -4.60. The van der Waals surface area contributed by atoms with Crippen LogP contribution in [0.5, 0.6) is 0 Å². The van der Waals surface area contributed by atoms with Crippen LogP contribution in [0.15, 0.2) is 48.5 Å². The zero-order chi connectivity index (χ0) is 24.6. The number of aromatic nitrogens is 3. The van der Waals surface area contributed by atoms with E-state index in [9.17, 15) is 22.8 Å². The maximum absolute atomic E-state index is 12.8. The van der Waals surface area contributed by atoms with Crippen molar-refractivity contribution in [3.63, 3.8) is 0 Å². The minimum atomic E-state index is -4.60. The topological polar surface area (TPSA) is 99.8 Å². The molecule has 0 aliphatic rings. The van der Waals surface area contributed by atoms with Gasteiger partial charge in [0.2, 0.25) is 5.91 Å². The molecule has 0 unspecified atom stereocenters. The molecule has 0 radical (unpaired) electrons. The number of fused-ring (bicyclic) bond motifs is 1. The molecule has 2 aromatic heterocycles. The van der Waals surface area contributed by atoms with Crippen LogP contribution >= 0.6 is 11.6 Å². The lowest BCUT2D eigenvalue weighted by molar-refractivity contribution is -0.141. The number of rotatable bonds is 4. The normalized spacial score (nSPS) is 11.5. The van der Waals surface area contributed by atoms with Gasteiger partial charge in [0.15, 0.2) is 0 Å². The zero-order valence-electron chi connectivity index (χ0n) is 17.8. The first kappa shape index (κ1) is 23.2. The Hall–Kier alpha value is -3.92. The molecule has 174 valence electrons. The molecule has 2 heterocycles. The molecule has 0 bridgehead atoms. The zero-order valence-corrected chi connectivity index (χ0v) is 18.6. The molecule has 0 aliphatic heterocycles. The SMILES string of the molecule is CC(=O)Nc1ccc2nc(-c3cc(NC(=O)c4ccc(C(F)(F)F)nc4C)ccc3Cl)[nH]c2c1. The predicted octanol–water partition coefficient (Wildman–Crippen LogP) is 5.82. The lowest BCUT2D eigenvalue weighted by Gasteiger charge is -2.11. The monoisotopic (exact) mass is 487 g/mol. The number of carbonyl (C=O) groups is 2. The largest absolute Gasteiger partial charge is 0.433 e. The molecule has 0 spiro atoms. The number of halogens is 4. The van der Waals surface area contributed by atoms with Gasteiger partial charge < -0.3 is 15.6 Å². The highest BCUT2D eigenvalue weighted by Gasteiger charge is 2.33. The third-order valence-corrected chi connectivity index (χ3v) is 5.23. The average molecular weight is 488 g/mol. The lowest BCUT2D eigenvalue weighted by Crippen LogP contribution is -2.16. The smallest absolute Gasteiger partial charge is 0.338 e. The fourth-order valence-corrected chi connectivity index (χ4v) is 3.57. The fraction of sp³-hybridized carbons (Fsp3) is 0.130. The Labute approximate surface area is 196 Å². The predicted molar refractivity (Wildman–Crippen MR) is 123 cm³/mol. The molecule has 0 saturated heterocycles. The van der Waals surface area contributed by atoms with Crippen molar-refractivity contribution in [2.75, 3.05) is 10.6 Å². The first-order valence-corrected chi connectivity index (χ1v) is 10.3. The fourth-order valence-electron chi connectivity index (χ4n) is 3.36. The lowest BCUT2D eigenvalue weighted by atomic mass is 10.1. The second kappa shape index (κ2) is 8.79. The highest BCUT2D eigenvalue weighted by atomic mass is 35.5. The van der Waals surface area contributed by atoms with E-state index in [0.717, 1.165) is 12.1 Å². The summed E-state index contributed by atoms with van der Waals surface area (Å²) in [6.45, 7) is 2.74. The third kappa shape index (κ3) is 4.86. The summed E-state index contributed by atoms with van der Waals surface area (Å²) in [7, 11) is 0. The molecular formula is C23H17ClF3N5O2. The summed E-state index contributed by atoms with van der Waals surface area (Å²) < 4.78 is 38.5. The molecule has 2 amide bonds. The summed E-state index contributed by atoms with van der Waals surface area (Å²) in [5.74, 6) is -0.385. The molecule has 3 N–H and O–H groups in total. The van der Waals surface area contributed by atoms with E-state index in [1.165, 1.54) is 13.8 Å². The number of pyridine rings is 1. The molecular weight excluding hydrogens is 471 g/mol. The number of aromatic amines is 1. The van der Waals surface area contributed by atoms with Crippen LogP contribution < -0.4 is 10.6 Å². The van der Waals surface area contributed by atoms with Crippen molar-refractivity contribution >= 4 is 45.8 Å². The van der Waals surface area contributed by atoms with Gasteiger partial charge in [-0.25, -0.2) is 9.97 Å². The van der Waals surface area contributed by atoms with Gasteiger partial charge >= 0.3 is 6.18 Å². The molecule has 2 aromatic carbocycles. The van der Waals surface area contributed by atoms with Crippen LogP contribution in [0.3, 0.4) is 0 Å². The minimum absolute atomic E-state index is 0.0127. The quantitative estimate of drug-likeness (QED) is 0.338. The van der Waals surface area contributed by atoms with Crippen molar-refractivity contribution < 1.29 is 22.8 Å². The second-order valence-corrected chi connectivity index (χ2v) is 7.88. The van der Waals surface area contributed by atoms with Gasteiger partial charge in [-0.15, -0.1) is 0 Å². The standard InChI is InChI=1S/C23H17ClF3N5O2/c1-11-15(5-8-20(28-11)23(25,26)27)22(34)30-13-3-6-17(24)16(9-13)21-31-18-7-4-14(29-12(2)33)10-19(18)32-21/h3-10H,1-2H3,(H,29,33)(H,30,34)(H,31,32). The number of aryl methyl sites for hydroxylation is 1. The molecule has 34 heavy (non-hydrogen) atoms.